The van der Waals surface area contributed by atoms with Crippen molar-refractivity contribution in [1.82, 2.24) is 0 Å². The lowest BCUT2D eigenvalue weighted by atomic mass is 10.1. The van der Waals surface area contributed by atoms with Crippen LogP contribution in [0.2, 0.25) is 0 Å². The van der Waals surface area contributed by atoms with E-state index in [1.165, 1.54) is 19.3 Å². The third-order valence-electron chi connectivity index (χ3n) is 2.29. The molecule has 0 aromatic carbocycles. The number of hydrogen-bond donors (Lipinski definition) is 2. The monoisotopic (exact) mass is 258 g/mol. The van der Waals surface area contributed by atoms with Crippen LogP contribution in [0.25, 0.3) is 0 Å². The molecule has 0 heterocycles. The second-order valence-corrected chi connectivity index (χ2v) is 4.04. The van der Waals surface area contributed by atoms with Crippen LogP contribution in [0, 0.1) is 0 Å². The third kappa shape index (κ3) is 24.5. The van der Waals surface area contributed by atoms with Crippen LogP contribution in [0.3, 0.4) is 0 Å². The topological polar surface area (TPSA) is 49.7 Å². The van der Waals surface area contributed by atoms with E-state index in [2.05, 4.69) is 13.2 Å². The van der Waals surface area contributed by atoms with Crippen molar-refractivity contribution in [3.8, 4) is 0 Å². The summed E-state index contributed by atoms with van der Waals surface area (Å²) in [6.45, 7) is 8.84. The van der Waals surface area contributed by atoms with Crippen molar-refractivity contribution in [2.75, 3.05) is 26.4 Å². The van der Waals surface area contributed by atoms with Crippen LogP contribution in [-0.2, 0) is 4.74 Å². The lowest BCUT2D eigenvalue weighted by Gasteiger charge is -1.98. The summed E-state index contributed by atoms with van der Waals surface area (Å²) >= 11 is 0. The number of ether oxygens (including phenoxy) is 1. The molecule has 0 aromatic heterocycles. The van der Waals surface area contributed by atoms with Gasteiger partial charge in [0.1, 0.15) is 0 Å². The van der Waals surface area contributed by atoms with Gasteiger partial charge in [-0.1, -0.05) is 44.3 Å². The van der Waals surface area contributed by atoms with Crippen LogP contribution in [-0.4, -0.2) is 36.6 Å². The van der Waals surface area contributed by atoms with Gasteiger partial charge in [-0.25, -0.2) is 0 Å². The van der Waals surface area contributed by atoms with E-state index in [4.69, 9.17) is 14.9 Å². The third-order valence-corrected chi connectivity index (χ3v) is 2.29. The van der Waals surface area contributed by atoms with E-state index in [1.807, 2.05) is 0 Å². The van der Waals surface area contributed by atoms with Crippen molar-refractivity contribution in [1.29, 1.82) is 0 Å². The average Bonchev–Trinajstić information content (AvgIpc) is 2.39. The molecule has 0 saturated heterocycles. The van der Waals surface area contributed by atoms with E-state index >= 15 is 0 Å². The first-order valence-corrected chi connectivity index (χ1v) is 6.84. The number of aliphatic hydroxyl groups excluding tert-OH is 2. The SMILES string of the molecule is C=CCOCC=C.OCCCCCCCCCO. The maximum atomic E-state index is 8.47. The average molecular weight is 258 g/mol. The van der Waals surface area contributed by atoms with Gasteiger partial charge < -0.3 is 14.9 Å². The van der Waals surface area contributed by atoms with Gasteiger partial charge in [-0.2, -0.15) is 0 Å². The summed E-state index contributed by atoms with van der Waals surface area (Å²) in [6.07, 6.45) is 11.3. The molecule has 0 amide bonds. The number of rotatable bonds is 12. The zero-order chi connectivity index (χ0) is 13.9. The molecule has 0 atom stereocenters. The predicted molar refractivity (Wildman–Crippen MR) is 77.7 cm³/mol. The van der Waals surface area contributed by atoms with Crippen LogP contribution >= 0.6 is 0 Å². The van der Waals surface area contributed by atoms with Crippen LogP contribution in [0.15, 0.2) is 25.3 Å². The summed E-state index contributed by atoms with van der Waals surface area (Å²) in [6, 6.07) is 0. The van der Waals surface area contributed by atoms with Gasteiger partial charge in [-0.05, 0) is 12.8 Å². The molecule has 0 radical (unpaired) electrons. The highest BCUT2D eigenvalue weighted by atomic mass is 16.5. The van der Waals surface area contributed by atoms with E-state index in [9.17, 15) is 0 Å². The maximum Gasteiger partial charge on any atom is 0.0649 e. The molecular weight excluding hydrogens is 228 g/mol. The molecule has 0 spiro atoms. The van der Waals surface area contributed by atoms with Crippen LogP contribution < -0.4 is 0 Å². The fourth-order valence-electron chi connectivity index (χ4n) is 1.34. The lowest BCUT2D eigenvalue weighted by Crippen LogP contribution is -1.87. The van der Waals surface area contributed by atoms with E-state index < -0.39 is 0 Å². The van der Waals surface area contributed by atoms with Gasteiger partial charge in [-0.15, -0.1) is 13.2 Å². The Morgan fingerprint density at radius 1 is 0.667 bits per heavy atom. The molecule has 0 aromatic rings. The van der Waals surface area contributed by atoms with E-state index in [1.54, 1.807) is 12.2 Å². The molecule has 0 fully saturated rings. The Kier molecular flexibility index (Phi) is 23.7. The largest absolute Gasteiger partial charge is 0.396 e. The summed E-state index contributed by atoms with van der Waals surface area (Å²) in [5.41, 5.74) is 0. The van der Waals surface area contributed by atoms with Gasteiger partial charge in [0.15, 0.2) is 0 Å². The molecule has 3 nitrogen and oxygen atoms in total. The van der Waals surface area contributed by atoms with Gasteiger partial charge >= 0.3 is 0 Å². The smallest absolute Gasteiger partial charge is 0.0649 e. The molecule has 2 N–H and O–H groups in total. The first-order valence-electron chi connectivity index (χ1n) is 6.84. The number of hydrogen-bond acceptors (Lipinski definition) is 3. The van der Waals surface area contributed by atoms with Crippen molar-refractivity contribution < 1.29 is 14.9 Å². The van der Waals surface area contributed by atoms with Crippen LogP contribution in [0.5, 0.6) is 0 Å². The highest BCUT2D eigenvalue weighted by molar-refractivity contribution is 4.68. The van der Waals surface area contributed by atoms with Crippen molar-refractivity contribution in [3.05, 3.63) is 25.3 Å². The zero-order valence-electron chi connectivity index (χ0n) is 11.6. The summed E-state index contributed by atoms with van der Waals surface area (Å²) in [5.74, 6) is 0. The van der Waals surface area contributed by atoms with Crippen LogP contribution in [0.4, 0.5) is 0 Å². The maximum absolute atomic E-state index is 8.47. The molecule has 0 aliphatic carbocycles. The molecule has 0 aliphatic rings. The summed E-state index contributed by atoms with van der Waals surface area (Å²) in [5, 5.41) is 16.9. The van der Waals surface area contributed by atoms with Gasteiger partial charge in [0.2, 0.25) is 0 Å². The number of aliphatic hydroxyl groups is 2. The molecule has 0 unspecified atom stereocenters. The molecule has 0 aliphatic heterocycles. The standard InChI is InChI=1S/C9H20O2.C6H10O/c10-8-6-4-2-1-3-5-7-9-11;1-3-5-7-6-4-2/h10-11H,1-9H2;3-4H,1-2,5-6H2. The Morgan fingerprint density at radius 3 is 1.28 bits per heavy atom. The van der Waals surface area contributed by atoms with Crippen LogP contribution in [0.1, 0.15) is 44.9 Å². The molecular formula is C15H30O3. The minimum absolute atomic E-state index is 0.330. The Hall–Kier alpha value is -0.640. The second kappa shape index (κ2) is 21.6. The quantitative estimate of drug-likeness (QED) is 0.418. The predicted octanol–water partition coefficient (Wildman–Crippen LogP) is 3.08. The van der Waals surface area contributed by atoms with E-state index in [-0.39, 0.29) is 0 Å². The fraction of sp³-hybridized carbons (Fsp3) is 0.733. The van der Waals surface area contributed by atoms with Gasteiger partial charge in [0, 0.05) is 13.2 Å². The second-order valence-electron chi connectivity index (χ2n) is 4.04. The molecule has 0 bridgehead atoms. The first kappa shape index (κ1) is 19.7. The fourth-order valence-corrected chi connectivity index (χ4v) is 1.34. The summed E-state index contributed by atoms with van der Waals surface area (Å²) < 4.78 is 4.90. The highest BCUT2D eigenvalue weighted by Gasteiger charge is 1.89. The highest BCUT2D eigenvalue weighted by Crippen LogP contribution is 2.06. The summed E-state index contributed by atoms with van der Waals surface area (Å²) in [4.78, 5) is 0. The molecule has 0 saturated carbocycles. The molecule has 3 heteroatoms. The first-order chi connectivity index (χ1) is 8.83. The lowest BCUT2D eigenvalue weighted by molar-refractivity contribution is 0.194. The normalized spacial score (nSPS) is 9.44. The van der Waals surface area contributed by atoms with E-state index in [0.29, 0.717) is 26.4 Å². The molecule has 108 valence electrons. The van der Waals surface area contributed by atoms with Crippen molar-refractivity contribution >= 4 is 0 Å². The Balaban J connectivity index is 0. The van der Waals surface area contributed by atoms with Gasteiger partial charge in [0.25, 0.3) is 0 Å². The van der Waals surface area contributed by atoms with E-state index in [0.717, 1.165) is 25.7 Å². The van der Waals surface area contributed by atoms with Gasteiger partial charge in [0.05, 0.1) is 13.2 Å². The molecule has 0 rings (SSSR count). The molecule has 18 heavy (non-hydrogen) atoms. The van der Waals surface area contributed by atoms with Crippen molar-refractivity contribution in [2.24, 2.45) is 0 Å². The zero-order valence-corrected chi connectivity index (χ0v) is 11.6. The van der Waals surface area contributed by atoms with Crippen molar-refractivity contribution in [3.63, 3.8) is 0 Å². The Morgan fingerprint density at radius 2 is 1.00 bits per heavy atom. The Bertz CT molecular complexity index is 142. The summed E-state index contributed by atoms with van der Waals surface area (Å²) in [7, 11) is 0. The van der Waals surface area contributed by atoms with Gasteiger partial charge in [-0.3, -0.25) is 0 Å². The number of unbranched alkanes of at least 4 members (excludes halogenated alkanes) is 6. The van der Waals surface area contributed by atoms with Crippen molar-refractivity contribution in [2.45, 2.75) is 44.9 Å². The minimum Gasteiger partial charge on any atom is -0.396 e. The Labute approximate surface area is 112 Å². The minimum atomic E-state index is 0.330.